The maximum Gasteiger partial charge on any atom is 0.140 e. The smallest absolute Gasteiger partial charge is 0.140 e. The van der Waals surface area contributed by atoms with Gasteiger partial charge < -0.3 is 4.57 Å². The number of hydrogen-bond acceptors (Lipinski definition) is 1. The van der Waals surface area contributed by atoms with Crippen molar-refractivity contribution in [1.82, 2.24) is 0 Å². The zero-order valence-electron chi connectivity index (χ0n) is 11.7. The van der Waals surface area contributed by atoms with Gasteiger partial charge in [0.2, 0.25) is 0 Å². The van der Waals surface area contributed by atoms with Gasteiger partial charge in [0.1, 0.15) is 7.14 Å². The Labute approximate surface area is 119 Å². The molecule has 0 amide bonds. The van der Waals surface area contributed by atoms with Crippen molar-refractivity contribution >= 4 is 28.5 Å². The van der Waals surface area contributed by atoms with Gasteiger partial charge in [-0.15, -0.1) is 0 Å². The molecule has 0 bridgehead atoms. The van der Waals surface area contributed by atoms with Crippen LogP contribution in [0.1, 0.15) is 5.56 Å². The van der Waals surface area contributed by atoms with Crippen molar-refractivity contribution in [3.05, 3.63) is 72.3 Å². The standard InChI is InChI=1S/C18H17OP/c1-14-12-13-18(17-11-7-6-10-16(14)17)20(2,19)15-8-4-3-5-9-15/h3-13H,1-2H3. The van der Waals surface area contributed by atoms with Crippen LogP contribution in [0.4, 0.5) is 0 Å². The van der Waals surface area contributed by atoms with Crippen molar-refractivity contribution in [3.63, 3.8) is 0 Å². The summed E-state index contributed by atoms with van der Waals surface area (Å²) in [5.74, 6) is 0. The molecule has 3 rings (SSSR count). The summed E-state index contributed by atoms with van der Waals surface area (Å²) in [5, 5.41) is 4.14. The van der Waals surface area contributed by atoms with Crippen molar-refractivity contribution in [1.29, 1.82) is 0 Å². The molecule has 0 saturated carbocycles. The van der Waals surface area contributed by atoms with Crippen LogP contribution in [0.3, 0.4) is 0 Å². The Morgan fingerprint density at radius 3 is 2.05 bits per heavy atom. The van der Waals surface area contributed by atoms with Gasteiger partial charge in [-0.2, -0.15) is 0 Å². The Bertz CT molecular complexity index is 806. The third-order valence-electron chi connectivity index (χ3n) is 3.83. The van der Waals surface area contributed by atoms with E-state index in [0.717, 1.165) is 16.0 Å². The quantitative estimate of drug-likeness (QED) is 0.646. The fraction of sp³-hybridized carbons (Fsp3) is 0.111. The average molecular weight is 280 g/mol. The van der Waals surface area contributed by atoms with E-state index in [-0.39, 0.29) is 0 Å². The molecule has 20 heavy (non-hydrogen) atoms. The molecule has 3 aromatic carbocycles. The summed E-state index contributed by atoms with van der Waals surface area (Å²) >= 11 is 0. The van der Waals surface area contributed by atoms with Crippen LogP contribution in [0.2, 0.25) is 0 Å². The van der Waals surface area contributed by atoms with Gasteiger partial charge in [-0.05, 0) is 29.9 Å². The molecule has 0 radical (unpaired) electrons. The van der Waals surface area contributed by atoms with Crippen molar-refractivity contribution in [2.75, 3.05) is 6.66 Å². The first-order chi connectivity index (χ1) is 9.60. The summed E-state index contributed by atoms with van der Waals surface area (Å²) in [7, 11) is -2.56. The molecule has 0 aliphatic heterocycles. The van der Waals surface area contributed by atoms with Crippen LogP contribution in [-0.2, 0) is 4.57 Å². The first-order valence-corrected chi connectivity index (χ1v) is 8.88. The molecule has 1 atom stereocenters. The minimum atomic E-state index is -2.56. The zero-order chi connectivity index (χ0) is 14.2. The van der Waals surface area contributed by atoms with E-state index in [1.807, 2.05) is 55.2 Å². The van der Waals surface area contributed by atoms with Gasteiger partial charge in [0.05, 0.1) is 0 Å². The zero-order valence-corrected chi connectivity index (χ0v) is 12.6. The van der Waals surface area contributed by atoms with E-state index in [0.29, 0.717) is 0 Å². The molecule has 2 heteroatoms. The predicted octanol–water partition coefficient (Wildman–Crippen LogP) is 4.09. The molecule has 0 aromatic heterocycles. The van der Waals surface area contributed by atoms with E-state index in [2.05, 4.69) is 25.1 Å². The Morgan fingerprint density at radius 1 is 0.750 bits per heavy atom. The number of rotatable bonds is 2. The Morgan fingerprint density at radius 2 is 1.35 bits per heavy atom. The summed E-state index contributed by atoms with van der Waals surface area (Å²) < 4.78 is 13.3. The maximum absolute atomic E-state index is 13.3. The highest BCUT2D eigenvalue weighted by molar-refractivity contribution is 7.78. The van der Waals surface area contributed by atoms with Crippen LogP contribution in [0.25, 0.3) is 10.8 Å². The number of benzene rings is 3. The number of fused-ring (bicyclic) bond motifs is 1. The normalized spacial score (nSPS) is 14.1. The summed E-state index contributed by atoms with van der Waals surface area (Å²) in [6.45, 7) is 3.95. The van der Waals surface area contributed by atoms with Gasteiger partial charge in [0.25, 0.3) is 0 Å². The van der Waals surface area contributed by atoms with Gasteiger partial charge in [-0.25, -0.2) is 0 Å². The first kappa shape index (κ1) is 13.1. The monoisotopic (exact) mass is 280 g/mol. The lowest BCUT2D eigenvalue weighted by atomic mass is 10.1. The lowest BCUT2D eigenvalue weighted by molar-refractivity contribution is 0.590. The Balaban J connectivity index is 2.30. The van der Waals surface area contributed by atoms with Crippen molar-refractivity contribution in [2.45, 2.75) is 6.92 Å². The van der Waals surface area contributed by atoms with Gasteiger partial charge >= 0.3 is 0 Å². The van der Waals surface area contributed by atoms with Crippen molar-refractivity contribution in [2.24, 2.45) is 0 Å². The third-order valence-corrected chi connectivity index (χ3v) is 6.42. The van der Waals surface area contributed by atoms with E-state index < -0.39 is 7.14 Å². The molecule has 1 nitrogen and oxygen atoms in total. The molecule has 100 valence electrons. The van der Waals surface area contributed by atoms with Gasteiger partial charge in [0.15, 0.2) is 0 Å². The van der Waals surface area contributed by atoms with Crippen molar-refractivity contribution < 1.29 is 4.57 Å². The number of hydrogen-bond donors (Lipinski definition) is 0. The van der Waals surface area contributed by atoms with E-state index in [1.165, 1.54) is 10.9 Å². The highest BCUT2D eigenvalue weighted by Gasteiger charge is 2.23. The third kappa shape index (κ3) is 2.09. The van der Waals surface area contributed by atoms with Crippen molar-refractivity contribution in [3.8, 4) is 0 Å². The van der Waals surface area contributed by atoms with Gasteiger partial charge in [-0.3, -0.25) is 0 Å². The molecule has 0 N–H and O–H groups in total. The molecule has 0 heterocycles. The lowest BCUT2D eigenvalue weighted by Crippen LogP contribution is -2.16. The molecule has 0 saturated heterocycles. The summed E-state index contributed by atoms with van der Waals surface area (Å²) in [4.78, 5) is 0. The molecular formula is C18H17OP. The van der Waals surface area contributed by atoms with E-state index in [9.17, 15) is 4.57 Å². The Kier molecular flexibility index (Phi) is 3.23. The minimum absolute atomic E-state index is 0.911. The van der Waals surface area contributed by atoms with Gasteiger partial charge in [-0.1, -0.05) is 66.7 Å². The predicted molar refractivity (Wildman–Crippen MR) is 87.9 cm³/mol. The van der Waals surface area contributed by atoms with Crippen LogP contribution >= 0.6 is 7.14 Å². The highest BCUT2D eigenvalue weighted by atomic mass is 31.2. The average Bonchev–Trinajstić information content (AvgIpc) is 2.48. The topological polar surface area (TPSA) is 17.1 Å². The second-order valence-electron chi connectivity index (χ2n) is 5.21. The maximum atomic E-state index is 13.3. The minimum Gasteiger partial charge on any atom is -0.314 e. The van der Waals surface area contributed by atoms with E-state index in [1.54, 1.807) is 0 Å². The largest absolute Gasteiger partial charge is 0.314 e. The van der Waals surface area contributed by atoms with Crippen LogP contribution in [0.15, 0.2) is 66.7 Å². The summed E-state index contributed by atoms with van der Waals surface area (Å²) in [6, 6.07) is 22.0. The SMILES string of the molecule is Cc1ccc(P(C)(=O)c2ccccc2)c2ccccc12. The van der Waals surface area contributed by atoms with Crippen LogP contribution in [0, 0.1) is 6.92 Å². The molecule has 0 fully saturated rings. The fourth-order valence-electron chi connectivity index (χ4n) is 2.66. The second-order valence-corrected chi connectivity index (χ2v) is 8.05. The molecular weight excluding hydrogens is 263 g/mol. The summed E-state index contributed by atoms with van der Waals surface area (Å²) in [6.07, 6.45) is 0. The van der Waals surface area contributed by atoms with Crippen LogP contribution < -0.4 is 10.6 Å². The first-order valence-electron chi connectivity index (χ1n) is 6.73. The van der Waals surface area contributed by atoms with E-state index >= 15 is 0 Å². The second kappa shape index (κ2) is 4.92. The van der Waals surface area contributed by atoms with Crippen LogP contribution in [0.5, 0.6) is 0 Å². The lowest BCUT2D eigenvalue weighted by Gasteiger charge is -2.17. The molecule has 0 aliphatic carbocycles. The molecule has 3 aromatic rings. The fourth-order valence-corrected chi connectivity index (χ4v) is 4.69. The van der Waals surface area contributed by atoms with Gasteiger partial charge in [0, 0.05) is 10.6 Å². The molecule has 0 aliphatic rings. The molecule has 0 spiro atoms. The summed E-state index contributed by atoms with van der Waals surface area (Å²) in [5.41, 5.74) is 1.22. The van der Waals surface area contributed by atoms with Crippen LogP contribution in [-0.4, -0.2) is 6.66 Å². The Hall–Kier alpha value is -1.85. The van der Waals surface area contributed by atoms with E-state index in [4.69, 9.17) is 0 Å². The highest BCUT2D eigenvalue weighted by Crippen LogP contribution is 2.41. The molecule has 1 unspecified atom stereocenters. The number of aryl methyl sites for hydroxylation is 1.